The summed E-state index contributed by atoms with van der Waals surface area (Å²) in [5, 5.41) is 0. The van der Waals surface area contributed by atoms with Crippen molar-refractivity contribution in [3.63, 3.8) is 0 Å². The highest BCUT2D eigenvalue weighted by molar-refractivity contribution is 7.92. The smallest absolute Gasteiger partial charge is 0.254 e. The fraction of sp³-hybridized carbons (Fsp3) is 0.391. The van der Waals surface area contributed by atoms with E-state index in [9.17, 15) is 18.0 Å². The number of nitrogens with zero attached hydrogens (tertiary/aromatic N) is 3. The van der Waals surface area contributed by atoms with Crippen LogP contribution in [0.5, 0.6) is 0 Å². The van der Waals surface area contributed by atoms with E-state index in [1.165, 1.54) is 0 Å². The van der Waals surface area contributed by atoms with E-state index >= 15 is 0 Å². The van der Waals surface area contributed by atoms with Crippen molar-refractivity contribution in [2.24, 2.45) is 0 Å². The zero-order valence-corrected chi connectivity index (χ0v) is 18.9. The van der Waals surface area contributed by atoms with Crippen LogP contribution in [0.3, 0.4) is 0 Å². The summed E-state index contributed by atoms with van der Waals surface area (Å²) in [5.41, 5.74) is 2.75. The van der Waals surface area contributed by atoms with Gasteiger partial charge in [0.1, 0.15) is 6.54 Å². The predicted molar refractivity (Wildman–Crippen MR) is 122 cm³/mol. The summed E-state index contributed by atoms with van der Waals surface area (Å²) in [6, 6.07) is 14.1. The molecular formula is C23H27N3O5S. The van der Waals surface area contributed by atoms with Crippen LogP contribution in [-0.4, -0.2) is 70.8 Å². The van der Waals surface area contributed by atoms with Crippen LogP contribution >= 0.6 is 0 Å². The molecule has 1 saturated heterocycles. The Morgan fingerprint density at radius 2 is 1.69 bits per heavy atom. The van der Waals surface area contributed by atoms with Gasteiger partial charge in [-0.1, -0.05) is 18.2 Å². The zero-order chi connectivity index (χ0) is 22.7. The van der Waals surface area contributed by atoms with Crippen LogP contribution < -0.4 is 9.21 Å². The fourth-order valence-corrected chi connectivity index (χ4v) is 4.97. The maximum Gasteiger partial charge on any atom is 0.254 e. The van der Waals surface area contributed by atoms with Gasteiger partial charge in [0.15, 0.2) is 0 Å². The standard InChI is InChI=1S/C23H27N3O5S/c1-32(29,30)26(17-22(27)25-12-4-6-18-5-2-3-7-21(18)25)20-10-8-19(9-11-20)23(28)24-13-15-31-16-14-24/h2-3,5,7-11H,4,6,12-17H2,1H3. The largest absolute Gasteiger partial charge is 0.378 e. The molecule has 2 amide bonds. The van der Waals surface area contributed by atoms with Crippen molar-refractivity contribution in [1.29, 1.82) is 0 Å². The van der Waals surface area contributed by atoms with Gasteiger partial charge in [-0.25, -0.2) is 8.42 Å². The number of benzene rings is 2. The summed E-state index contributed by atoms with van der Waals surface area (Å²) < 4.78 is 31.4. The lowest BCUT2D eigenvalue weighted by Crippen LogP contribution is -2.44. The van der Waals surface area contributed by atoms with Gasteiger partial charge >= 0.3 is 0 Å². The molecule has 0 bridgehead atoms. The first kappa shape index (κ1) is 22.3. The molecule has 2 heterocycles. The highest BCUT2D eigenvalue weighted by atomic mass is 32.2. The zero-order valence-electron chi connectivity index (χ0n) is 18.1. The fourth-order valence-electron chi connectivity index (χ4n) is 4.12. The molecule has 0 aliphatic carbocycles. The molecule has 0 saturated carbocycles. The molecule has 0 N–H and O–H groups in total. The molecule has 2 aromatic rings. The van der Waals surface area contributed by atoms with E-state index < -0.39 is 10.0 Å². The number of carbonyl (C=O) groups is 2. The quantitative estimate of drug-likeness (QED) is 0.685. The Hall–Kier alpha value is -2.91. The second-order valence-electron chi connectivity index (χ2n) is 8.00. The van der Waals surface area contributed by atoms with Crippen LogP contribution in [0.2, 0.25) is 0 Å². The average Bonchev–Trinajstić information content (AvgIpc) is 2.81. The highest BCUT2D eigenvalue weighted by Crippen LogP contribution is 2.28. The average molecular weight is 458 g/mol. The first-order valence-electron chi connectivity index (χ1n) is 10.7. The molecule has 2 aliphatic rings. The molecule has 170 valence electrons. The summed E-state index contributed by atoms with van der Waals surface area (Å²) in [4.78, 5) is 29.1. The molecule has 0 unspecified atom stereocenters. The van der Waals surface area contributed by atoms with Crippen molar-refractivity contribution in [2.75, 3.05) is 54.9 Å². The molecule has 0 spiro atoms. The summed E-state index contributed by atoms with van der Waals surface area (Å²) in [6.45, 7) is 2.33. The number of hydrogen-bond donors (Lipinski definition) is 0. The molecular weight excluding hydrogens is 430 g/mol. The molecule has 0 atom stereocenters. The van der Waals surface area contributed by atoms with Gasteiger partial charge in [-0.15, -0.1) is 0 Å². The van der Waals surface area contributed by atoms with Gasteiger partial charge in [-0.2, -0.15) is 0 Å². The van der Waals surface area contributed by atoms with Gasteiger partial charge in [0.25, 0.3) is 5.91 Å². The van der Waals surface area contributed by atoms with Gasteiger partial charge < -0.3 is 14.5 Å². The van der Waals surface area contributed by atoms with E-state index in [2.05, 4.69) is 0 Å². The molecule has 9 heteroatoms. The van der Waals surface area contributed by atoms with E-state index in [-0.39, 0.29) is 18.4 Å². The topological polar surface area (TPSA) is 87.2 Å². The Bertz CT molecular complexity index is 1090. The number of fused-ring (bicyclic) bond motifs is 1. The van der Waals surface area contributed by atoms with Crippen LogP contribution in [0.15, 0.2) is 48.5 Å². The van der Waals surface area contributed by atoms with Gasteiger partial charge in [0.2, 0.25) is 15.9 Å². The second-order valence-corrected chi connectivity index (χ2v) is 9.91. The lowest BCUT2D eigenvalue weighted by atomic mass is 10.0. The van der Waals surface area contributed by atoms with E-state index in [1.54, 1.807) is 34.1 Å². The number of amides is 2. The molecule has 0 radical (unpaired) electrons. The monoisotopic (exact) mass is 457 g/mol. The third-order valence-corrected chi connectivity index (χ3v) is 6.93. The van der Waals surface area contributed by atoms with Crippen LogP contribution in [0.25, 0.3) is 0 Å². The highest BCUT2D eigenvalue weighted by Gasteiger charge is 2.28. The lowest BCUT2D eigenvalue weighted by molar-refractivity contribution is -0.117. The van der Waals surface area contributed by atoms with Gasteiger partial charge in [-0.3, -0.25) is 13.9 Å². The Morgan fingerprint density at radius 3 is 2.38 bits per heavy atom. The summed E-state index contributed by atoms with van der Waals surface area (Å²) in [6.07, 6.45) is 2.81. The summed E-state index contributed by atoms with van der Waals surface area (Å²) in [7, 11) is -3.71. The molecule has 32 heavy (non-hydrogen) atoms. The third-order valence-electron chi connectivity index (χ3n) is 5.79. The minimum Gasteiger partial charge on any atom is -0.378 e. The van der Waals surface area contributed by atoms with Crippen LogP contribution in [0.1, 0.15) is 22.3 Å². The van der Waals surface area contributed by atoms with Crippen LogP contribution in [0.4, 0.5) is 11.4 Å². The summed E-state index contributed by atoms with van der Waals surface area (Å²) in [5.74, 6) is -0.400. The second kappa shape index (κ2) is 9.30. The Labute approximate surface area is 188 Å². The molecule has 0 aromatic heterocycles. The lowest BCUT2D eigenvalue weighted by Gasteiger charge is -2.32. The predicted octanol–water partition coefficient (Wildman–Crippen LogP) is 1.90. The summed E-state index contributed by atoms with van der Waals surface area (Å²) >= 11 is 0. The van der Waals surface area contributed by atoms with E-state index in [0.29, 0.717) is 44.1 Å². The van der Waals surface area contributed by atoms with E-state index in [1.807, 2.05) is 24.3 Å². The van der Waals surface area contributed by atoms with Gasteiger partial charge in [0.05, 0.1) is 25.2 Å². The van der Waals surface area contributed by atoms with E-state index in [0.717, 1.165) is 34.7 Å². The van der Waals surface area contributed by atoms with Crippen molar-refractivity contribution in [1.82, 2.24) is 4.90 Å². The number of hydrogen-bond acceptors (Lipinski definition) is 5. The van der Waals surface area contributed by atoms with Gasteiger partial charge in [-0.05, 0) is 48.7 Å². The Balaban J connectivity index is 1.53. The SMILES string of the molecule is CS(=O)(=O)N(CC(=O)N1CCCc2ccccc21)c1ccc(C(=O)N2CCOCC2)cc1. The normalized spacial score (nSPS) is 16.4. The Kier molecular flexibility index (Phi) is 6.48. The molecule has 2 aromatic carbocycles. The number of carbonyl (C=O) groups excluding carboxylic acids is 2. The van der Waals surface area contributed by atoms with Crippen molar-refractivity contribution in [3.05, 3.63) is 59.7 Å². The number of anilines is 2. The maximum absolute atomic E-state index is 13.1. The molecule has 2 aliphatic heterocycles. The number of rotatable bonds is 5. The number of aryl methyl sites for hydroxylation is 1. The number of sulfonamides is 1. The minimum atomic E-state index is -3.71. The molecule has 8 nitrogen and oxygen atoms in total. The number of ether oxygens (including phenoxy) is 1. The minimum absolute atomic E-state index is 0.119. The van der Waals surface area contributed by atoms with E-state index in [4.69, 9.17) is 4.74 Å². The van der Waals surface area contributed by atoms with Crippen molar-refractivity contribution in [2.45, 2.75) is 12.8 Å². The molecule has 4 rings (SSSR count). The third kappa shape index (κ3) is 4.78. The Morgan fingerprint density at radius 1 is 1.00 bits per heavy atom. The van der Waals surface area contributed by atoms with Crippen LogP contribution in [-0.2, 0) is 26.0 Å². The van der Waals surface area contributed by atoms with Crippen molar-refractivity contribution >= 4 is 33.2 Å². The number of morpholine rings is 1. The number of para-hydroxylation sites is 1. The maximum atomic E-state index is 13.1. The van der Waals surface area contributed by atoms with Crippen molar-refractivity contribution < 1.29 is 22.7 Å². The van der Waals surface area contributed by atoms with Crippen LogP contribution in [0, 0.1) is 0 Å². The van der Waals surface area contributed by atoms with Crippen molar-refractivity contribution in [3.8, 4) is 0 Å². The first-order chi connectivity index (χ1) is 15.3. The first-order valence-corrected chi connectivity index (χ1v) is 12.5. The van der Waals surface area contributed by atoms with Gasteiger partial charge in [0, 0.05) is 30.9 Å². The molecule has 1 fully saturated rings.